The van der Waals surface area contributed by atoms with Crippen LogP contribution in [0.3, 0.4) is 0 Å². The number of amides is 2. The van der Waals surface area contributed by atoms with Gasteiger partial charge in [-0.05, 0) is 50.9 Å². The van der Waals surface area contributed by atoms with Crippen molar-refractivity contribution in [3.8, 4) is 5.75 Å². The van der Waals surface area contributed by atoms with Crippen LogP contribution in [0.5, 0.6) is 5.75 Å². The smallest absolute Gasteiger partial charge is 0.271 e. The molecule has 1 aromatic carbocycles. The van der Waals surface area contributed by atoms with Crippen LogP contribution < -0.4 is 26.4 Å². The van der Waals surface area contributed by atoms with Crippen molar-refractivity contribution < 1.29 is 14.3 Å². The van der Waals surface area contributed by atoms with Crippen LogP contribution in [0.1, 0.15) is 36.2 Å². The highest BCUT2D eigenvalue weighted by molar-refractivity contribution is 5.98. The van der Waals surface area contributed by atoms with Gasteiger partial charge >= 0.3 is 0 Å². The minimum absolute atomic E-state index is 0.000836. The van der Waals surface area contributed by atoms with Crippen molar-refractivity contribution in [1.82, 2.24) is 15.5 Å². The number of anilines is 3. The predicted molar refractivity (Wildman–Crippen MR) is 108 cm³/mol. The molecule has 2 amide bonds. The summed E-state index contributed by atoms with van der Waals surface area (Å²) in [7, 11) is 0. The minimum atomic E-state index is -0.706. The summed E-state index contributed by atoms with van der Waals surface area (Å²) >= 11 is 0. The van der Waals surface area contributed by atoms with Crippen LogP contribution >= 0.6 is 0 Å². The Hall–Kier alpha value is -3.20. The molecule has 152 valence electrons. The fourth-order valence-electron chi connectivity index (χ4n) is 3.21. The SMILES string of the molecule is NC(=O)c1nnc(NC(=O)C2CC2)cc1Nc1cccc(OC2CCNCC2)c1. The first-order valence-corrected chi connectivity index (χ1v) is 9.81. The third-order valence-electron chi connectivity index (χ3n) is 4.93. The monoisotopic (exact) mass is 396 g/mol. The Balaban J connectivity index is 1.51. The van der Waals surface area contributed by atoms with E-state index in [4.69, 9.17) is 10.5 Å². The second-order valence-electron chi connectivity index (χ2n) is 7.34. The highest BCUT2D eigenvalue weighted by Gasteiger charge is 2.30. The van der Waals surface area contributed by atoms with Crippen molar-refractivity contribution in [1.29, 1.82) is 0 Å². The summed E-state index contributed by atoms with van der Waals surface area (Å²) < 4.78 is 6.06. The van der Waals surface area contributed by atoms with Gasteiger partial charge in [0.1, 0.15) is 11.9 Å². The van der Waals surface area contributed by atoms with Crippen molar-refractivity contribution >= 4 is 29.0 Å². The second kappa shape index (κ2) is 8.44. The number of ether oxygens (including phenoxy) is 1. The van der Waals surface area contributed by atoms with Gasteiger partial charge in [0, 0.05) is 23.7 Å². The molecule has 29 heavy (non-hydrogen) atoms. The van der Waals surface area contributed by atoms with Crippen molar-refractivity contribution in [2.75, 3.05) is 23.7 Å². The highest BCUT2D eigenvalue weighted by Crippen LogP contribution is 2.31. The number of primary amides is 1. The lowest BCUT2D eigenvalue weighted by Crippen LogP contribution is -2.34. The van der Waals surface area contributed by atoms with Crippen LogP contribution in [-0.2, 0) is 4.79 Å². The second-order valence-corrected chi connectivity index (χ2v) is 7.34. The molecule has 4 rings (SSSR count). The molecule has 1 aliphatic carbocycles. The van der Waals surface area contributed by atoms with Crippen LogP contribution in [0.4, 0.5) is 17.2 Å². The molecule has 0 radical (unpaired) electrons. The maximum atomic E-state index is 12.0. The molecule has 2 aliphatic rings. The Morgan fingerprint density at radius 1 is 1.10 bits per heavy atom. The van der Waals surface area contributed by atoms with Gasteiger partial charge in [-0.3, -0.25) is 9.59 Å². The van der Waals surface area contributed by atoms with E-state index in [0.29, 0.717) is 11.4 Å². The summed E-state index contributed by atoms with van der Waals surface area (Å²) in [6, 6.07) is 9.04. The van der Waals surface area contributed by atoms with Gasteiger partial charge in [-0.2, -0.15) is 0 Å². The number of benzene rings is 1. The molecule has 9 nitrogen and oxygen atoms in total. The van der Waals surface area contributed by atoms with E-state index in [1.54, 1.807) is 6.07 Å². The molecule has 0 unspecified atom stereocenters. The Kier molecular flexibility index (Phi) is 5.57. The molecule has 1 aliphatic heterocycles. The van der Waals surface area contributed by atoms with Crippen molar-refractivity contribution in [2.24, 2.45) is 11.7 Å². The van der Waals surface area contributed by atoms with Crippen molar-refractivity contribution in [3.05, 3.63) is 36.0 Å². The normalized spacial score (nSPS) is 16.8. The maximum Gasteiger partial charge on any atom is 0.271 e. The zero-order chi connectivity index (χ0) is 20.2. The molecule has 0 atom stereocenters. The number of nitrogens with one attached hydrogen (secondary N) is 3. The standard InChI is InChI=1S/C20H24N6O3/c21-19(27)18-16(11-17(25-26-18)24-20(28)12-4-5-12)23-13-2-1-3-15(10-13)29-14-6-8-22-9-7-14/h1-3,10-12,14,22H,4-9H2,(H2,21,27)(H2,23,24,25,28). The molecule has 2 heterocycles. The van der Waals surface area contributed by atoms with Gasteiger partial charge in [0.25, 0.3) is 5.91 Å². The summed E-state index contributed by atoms with van der Waals surface area (Å²) in [5, 5.41) is 17.0. The number of nitrogens with two attached hydrogens (primary N) is 1. The molecule has 0 spiro atoms. The summed E-state index contributed by atoms with van der Waals surface area (Å²) in [6.45, 7) is 1.89. The summed E-state index contributed by atoms with van der Waals surface area (Å²) in [4.78, 5) is 23.7. The number of nitrogens with zero attached hydrogens (tertiary/aromatic N) is 2. The molecule has 2 aromatic rings. The van der Waals surface area contributed by atoms with Crippen LogP contribution in [0.25, 0.3) is 0 Å². The minimum Gasteiger partial charge on any atom is -0.490 e. The molecule has 1 saturated carbocycles. The predicted octanol–water partition coefficient (Wildman–Crippen LogP) is 1.80. The molecule has 0 bridgehead atoms. The number of hydrogen-bond acceptors (Lipinski definition) is 7. The Morgan fingerprint density at radius 3 is 2.62 bits per heavy atom. The van der Waals surface area contributed by atoms with Crippen LogP contribution in [0.2, 0.25) is 0 Å². The first-order chi connectivity index (χ1) is 14.1. The Bertz CT molecular complexity index is 909. The molecular formula is C20H24N6O3. The van der Waals surface area contributed by atoms with Gasteiger partial charge in [-0.25, -0.2) is 0 Å². The third-order valence-corrected chi connectivity index (χ3v) is 4.93. The van der Waals surface area contributed by atoms with E-state index >= 15 is 0 Å². The summed E-state index contributed by atoms with van der Waals surface area (Å²) in [6.07, 6.45) is 3.87. The summed E-state index contributed by atoms with van der Waals surface area (Å²) in [5.41, 5.74) is 6.52. The molecule has 2 fully saturated rings. The number of aromatic nitrogens is 2. The molecule has 5 N–H and O–H groups in total. The number of piperidine rings is 1. The lowest BCUT2D eigenvalue weighted by Gasteiger charge is -2.24. The van der Waals surface area contributed by atoms with Gasteiger partial charge in [0.05, 0.1) is 5.69 Å². The fraction of sp³-hybridized carbons (Fsp3) is 0.400. The third kappa shape index (κ3) is 5.00. The van der Waals surface area contributed by atoms with E-state index in [1.165, 1.54) is 0 Å². The number of hydrogen-bond donors (Lipinski definition) is 4. The molecule has 1 saturated heterocycles. The Labute approximate surface area is 168 Å². The highest BCUT2D eigenvalue weighted by atomic mass is 16.5. The first kappa shape index (κ1) is 19.1. The number of rotatable bonds is 7. The van der Waals surface area contributed by atoms with E-state index in [2.05, 4.69) is 26.1 Å². The van der Waals surface area contributed by atoms with Gasteiger partial charge in [0.2, 0.25) is 5.91 Å². The van der Waals surface area contributed by atoms with Gasteiger partial charge in [-0.1, -0.05) is 6.07 Å². The van der Waals surface area contributed by atoms with Crippen LogP contribution in [-0.4, -0.2) is 41.2 Å². The lowest BCUT2D eigenvalue weighted by atomic mass is 10.1. The average Bonchev–Trinajstić information content (AvgIpc) is 3.54. The first-order valence-electron chi connectivity index (χ1n) is 9.81. The van der Waals surface area contributed by atoms with Gasteiger partial charge < -0.3 is 26.4 Å². The van der Waals surface area contributed by atoms with E-state index < -0.39 is 5.91 Å². The number of carbonyl (C=O) groups excluding carboxylic acids is 2. The largest absolute Gasteiger partial charge is 0.490 e. The average molecular weight is 396 g/mol. The quantitative estimate of drug-likeness (QED) is 0.561. The molecule has 1 aromatic heterocycles. The van der Waals surface area contributed by atoms with Gasteiger partial charge in [-0.15, -0.1) is 10.2 Å². The Morgan fingerprint density at radius 2 is 1.90 bits per heavy atom. The van der Waals surface area contributed by atoms with E-state index in [-0.39, 0.29) is 29.4 Å². The number of carbonyl (C=O) groups is 2. The van der Waals surface area contributed by atoms with Crippen molar-refractivity contribution in [3.63, 3.8) is 0 Å². The molecular weight excluding hydrogens is 372 g/mol. The van der Waals surface area contributed by atoms with E-state index in [0.717, 1.165) is 44.5 Å². The van der Waals surface area contributed by atoms with Gasteiger partial charge in [0.15, 0.2) is 11.5 Å². The zero-order valence-electron chi connectivity index (χ0n) is 16.0. The topological polar surface area (TPSA) is 131 Å². The van der Waals surface area contributed by atoms with Crippen molar-refractivity contribution in [2.45, 2.75) is 31.8 Å². The summed E-state index contributed by atoms with van der Waals surface area (Å²) in [5.74, 6) is 0.257. The van der Waals surface area contributed by atoms with E-state index in [1.807, 2.05) is 24.3 Å². The molecule has 9 heteroatoms. The van der Waals surface area contributed by atoms with Crippen LogP contribution in [0.15, 0.2) is 30.3 Å². The fourth-order valence-corrected chi connectivity index (χ4v) is 3.21. The van der Waals surface area contributed by atoms with E-state index in [9.17, 15) is 9.59 Å². The maximum absolute atomic E-state index is 12.0. The lowest BCUT2D eigenvalue weighted by molar-refractivity contribution is -0.117. The zero-order valence-corrected chi connectivity index (χ0v) is 16.0. The van der Waals surface area contributed by atoms with Crippen LogP contribution in [0, 0.1) is 5.92 Å².